The Labute approximate surface area is 132 Å². The van der Waals surface area contributed by atoms with Gasteiger partial charge in [-0.2, -0.15) is 8.78 Å². The molecule has 0 fully saturated rings. The maximum Gasteiger partial charge on any atom is 0.209 e. The molecule has 0 spiro atoms. The molecule has 122 valence electrons. The second-order valence-electron chi connectivity index (χ2n) is 6.13. The van der Waals surface area contributed by atoms with Crippen molar-refractivity contribution in [2.24, 2.45) is 5.92 Å². The van der Waals surface area contributed by atoms with Crippen LogP contribution in [0.5, 0.6) is 5.75 Å². The summed E-state index contributed by atoms with van der Waals surface area (Å²) in [6.45, 7) is 4.64. The van der Waals surface area contributed by atoms with Gasteiger partial charge in [0.2, 0.25) is 11.6 Å². The number of benzene rings is 1. The topological polar surface area (TPSA) is 39.4 Å². The predicted molar refractivity (Wildman–Crippen MR) is 83.6 cm³/mol. The molecule has 5 heteroatoms. The molecule has 1 aromatic heterocycles. The summed E-state index contributed by atoms with van der Waals surface area (Å²) in [5, 5.41) is 0.886. The molecule has 23 heavy (non-hydrogen) atoms. The zero-order valence-electron chi connectivity index (χ0n) is 13.1. The molecule has 3 rings (SSSR count). The van der Waals surface area contributed by atoms with Crippen LogP contribution in [-0.2, 0) is 4.79 Å². The molecule has 0 unspecified atom stereocenters. The largest absolute Gasteiger partial charge is 0.490 e. The highest BCUT2D eigenvalue weighted by Gasteiger charge is 2.21. The number of hydrogen-bond donors (Lipinski definition) is 0. The average molecular weight is 320 g/mol. The number of fused-ring (bicyclic) bond motifs is 3. The normalized spacial score (nSPS) is 14.3. The number of furan rings is 1. The first-order chi connectivity index (χ1) is 11.0. The Balaban J connectivity index is 1.97. The summed E-state index contributed by atoms with van der Waals surface area (Å²) >= 11 is 0. The minimum Gasteiger partial charge on any atom is -0.490 e. The van der Waals surface area contributed by atoms with E-state index in [1.807, 2.05) is 0 Å². The number of hydrogen-bond acceptors (Lipinski definition) is 3. The fourth-order valence-corrected chi connectivity index (χ4v) is 2.69. The van der Waals surface area contributed by atoms with Crippen molar-refractivity contribution in [1.82, 2.24) is 0 Å². The summed E-state index contributed by atoms with van der Waals surface area (Å²) in [4.78, 5) is 11.4. The molecule has 2 aromatic rings. The van der Waals surface area contributed by atoms with Crippen molar-refractivity contribution in [3.05, 3.63) is 28.6 Å². The number of rotatable bonds is 5. The minimum absolute atomic E-state index is 0.0391. The van der Waals surface area contributed by atoms with Crippen molar-refractivity contribution in [2.75, 3.05) is 6.61 Å². The number of carbonyl (C=O) groups excluding carboxylic acids is 1. The summed E-state index contributed by atoms with van der Waals surface area (Å²) in [6.07, 6.45) is 3.35. The van der Waals surface area contributed by atoms with Crippen LogP contribution in [0.3, 0.4) is 0 Å². The molecule has 0 amide bonds. The number of Topliss-reactive ketones (excluding diaryl/α,β-unsaturated/α-hetero) is 1. The average Bonchev–Trinajstić information content (AvgIpc) is 2.89. The van der Waals surface area contributed by atoms with Crippen molar-refractivity contribution in [3.63, 3.8) is 0 Å². The van der Waals surface area contributed by atoms with Gasteiger partial charge >= 0.3 is 0 Å². The van der Waals surface area contributed by atoms with Crippen molar-refractivity contribution in [1.29, 1.82) is 0 Å². The Kier molecular flexibility index (Phi) is 4.20. The highest BCUT2D eigenvalue weighted by molar-refractivity contribution is 6.14. The van der Waals surface area contributed by atoms with Crippen molar-refractivity contribution >= 4 is 28.7 Å². The quantitative estimate of drug-likeness (QED) is 0.794. The highest BCUT2D eigenvalue weighted by atomic mass is 19.1. The van der Waals surface area contributed by atoms with Crippen molar-refractivity contribution in [2.45, 2.75) is 33.1 Å². The molecule has 0 aliphatic heterocycles. The lowest BCUT2D eigenvalue weighted by molar-refractivity contribution is -0.113. The van der Waals surface area contributed by atoms with Crippen LogP contribution in [-0.4, -0.2) is 12.4 Å². The molecule has 0 bridgehead atoms. The predicted octanol–water partition coefficient (Wildman–Crippen LogP) is 3.22. The first-order valence-electron chi connectivity index (χ1n) is 7.76. The van der Waals surface area contributed by atoms with Crippen LogP contribution >= 0.6 is 0 Å². The lowest BCUT2D eigenvalue weighted by atomic mass is 10.1. The van der Waals surface area contributed by atoms with E-state index in [0.717, 1.165) is 12.8 Å². The first kappa shape index (κ1) is 15.7. The van der Waals surface area contributed by atoms with Gasteiger partial charge in [0, 0.05) is 17.0 Å². The van der Waals surface area contributed by atoms with Crippen LogP contribution in [0.25, 0.3) is 22.9 Å². The van der Waals surface area contributed by atoms with Gasteiger partial charge in [-0.05, 0) is 30.9 Å². The van der Waals surface area contributed by atoms with Crippen LogP contribution in [0.4, 0.5) is 8.78 Å². The smallest absolute Gasteiger partial charge is 0.209 e. The molecule has 3 nitrogen and oxygen atoms in total. The summed E-state index contributed by atoms with van der Waals surface area (Å²) in [6, 6.07) is 3.16. The molecule has 1 aliphatic rings. The summed E-state index contributed by atoms with van der Waals surface area (Å²) < 4.78 is 39.1. The van der Waals surface area contributed by atoms with Gasteiger partial charge in [0.15, 0.2) is 22.5 Å². The van der Waals surface area contributed by atoms with E-state index in [0.29, 0.717) is 23.1 Å². The van der Waals surface area contributed by atoms with Gasteiger partial charge in [-0.1, -0.05) is 19.9 Å². The van der Waals surface area contributed by atoms with E-state index in [9.17, 15) is 13.6 Å². The van der Waals surface area contributed by atoms with Crippen LogP contribution in [0.15, 0.2) is 16.5 Å². The Morgan fingerprint density at radius 2 is 2.09 bits per heavy atom. The standard InChI is InChI=1S/C18H18F2O3/c1-10(2)4-3-9-22-14-8-6-12-11-5-7-13(21)15(19)17(11)23-18(12)16(14)20/h5-6,8,10H,3-4,7,9H2,1-2H3. The fraction of sp³-hybridized carbons (Fsp3) is 0.389. The van der Waals surface area contributed by atoms with E-state index in [2.05, 4.69) is 13.8 Å². The fourth-order valence-electron chi connectivity index (χ4n) is 2.69. The Bertz CT molecular complexity index is 878. The van der Waals surface area contributed by atoms with E-state index in [1.165, 1.54) is 6.07 Å². The Hall–Kier alpha value is -2.17. The van der Waals surface area contributed by atoms with Crippen LogP contribution in [0, 0.1) is 11.7 Å². The molecule has 0 saturated carbocycles. The van der Waals surface area contributed by atoms with Crippen molar-refractivity contribution < 1.29 is 22.7 Å². The molecule has 0 saturated heterocycles. The lowest BCUT2D eigenvalue weighted by Crippen LogP contribution is -2.28. The van der Waals surface area contributed by atoms with E-state index in [-0.39, 0.29) is 23.2 Å². The Morgan fingerprint density at radius 3 is 2.83 bits per heavy atom. The van der Waals surface area contributed by atoms with Gasteiger partial charge in [-0.25, -0.2) is 0 Å². The van der Waals surface area contributed by atoms with E-state index in [4.69, 9.17) is 9.15 Å². The van der Waals surface area contributed by atoms with Gasteiger partial charge < -0.3 is 9.15 Å². The molecule has 0 N–H and O–H groups in total. The number of ketones is 1. The maximum absolute atomic E-state index is 14.5. The number of carbonyl (C=O) groups is 1. The minimum atomic E-state index is -0.947. The second kappa shape index (κ2) is 6.14. The molecule has 1 aromatic carbocycles. The van der Waals surface area contributed by atoms with Crippen LogP contribution in [0.1, 0.15) is 33.1 Å². The van der Waals surface area contributed by atoms with Crippen LogP contribution < -0.4 is 15.4 Å². The third kappa shape index (κ3) is 2.87. The number of ether oxygens (including phenoxy) is 1. The van der Waals surface area contributed by atoms with Gasteiger partial charge in [0.1, 0.15) is 0 Å². The first-order valence-corrected chi connectivity index (χ1v) is 7.76. The zero-order chi connectivity index (χ0) is 16.6. The highest BCUT2D eigenvalue weighted by Crippen LogP contribution is 2.25. The summed E-state index contributed by atoms with van der Waals surface area (Å²) in [5.74, 6) is -1.61. The monoisotopic (exact) mass is 320 g/mol. The van der Waals surface area contributed by atoms with E-state index >= 15 is 0 Å². The summed E-state index contributed by atoms with van der Waals surface area (Å²) in [7, 11) is 0. The zero-order valence-corrected chi connectivity index (χ0v) is 13.1. The van der Waals surface area contributed by atoms with Gasteiger partial charge in [0.25, 0.3) is 0 Å². The third-order valence-corrected chi connectivity index (χ3v) is 3.92. The molecule has 1 heterocycles. The van der Waals surface area contributed by atoms with Gasteiger partial charge in [0.05, 0.1) is 6.61 Å². The Morgan fingerprint density at radius 1 is 1.30 bits per heavy atom. The van der Waals surface area contributed by atoms with E-state index < -0.39 is 17.4 Å². The number of halogens is 2. The van der Waals surface area contributed by atoms with Gasteiger partial charge in [-0.3, -0.25) is 4.79 Å². The molecule has 0 radical (unpaired) electrons. The van der Waals surface area contributed by atoms with Crippen molar-refractivity contribution in [3.8, 4) is 5.75 Å². The molecular formula is C18H18F2O3. The SMILES string of the molecule is CC(C)CCCOc1ccc2c3c(oc2c1F)=C(F)C(=O)CC=3. The second-order valence-corrected chi connectivity index (χ2v) is 6.13. The summed E-state index contributed by atoms with van der Waals surface area (Å²) in [5.41, 5.74) is -0.260. The maximum atomic E-state index is 14.5. The molecular weight excluding hydrogens is 302 g/mol. The third-order valence-electron chi connectivity index (χ3n) is 3.92. The lowest BCUT2D eigenvalue weighted by Gasteiger charge is -2.08. The molecule has 0 atom stereocenters. The van der Waals surface area contributed by atoms with E-state index in [1.54, 1.807) is 12.1 Å². The molecule has 1 aliphatic carbocycles. The van der Waals surface area contributed by atoms with Crippen LogP contribution in [0.2, 0.25) is 0 Å². The van der Waals surface area contributed by atoms with Gasteiger partial charge in [-0.15, -0.1) is 0 Å².